The molecule has 2 amide bonds. The molecule has 0 fully saturated rings. The minimum Gasteiger partial charge on any atom is -0.480 e. The molecule has 0 bridgehead atoms. The fraction of sp³-hybridized carbons (Fsp3) is 0.545. The maximum atomic E-state index is 11.5. The normalized spacial score (nSPS) is 12.9. The quantitative estimate of drug-likeness (QED) is 0.553. The standard InChI is InChI=1S/C11H18N2O4/c1-3-4-7(2)10(15)13-8(11(16)17)5-6-9(12)14/h4,8H,3,5-6H2,1-2H3,(H2,12,14)(H,13,15)(H,16,17)/t8-/m0/s1. The molecule has 0 heterocycles. The summed E-state index contributed by atoms with van der Waals surface area (Å²) in [4.78, 5) is 32.9. The third-order valence-electron chi connectivity index (χ3n) is 2.15. The number of carboxylic acids is 1. The van der Waals surface area contributed by atoms with Gasteiger partial charge in [-0.15, -0.1) is 0 Å². The second kappa shape index (κ2) is 7.43. The van der Waals surface area contributed by atoms with E-state index in [4.69, 9.17) is 10.8 Å². The van der Waals surface area contributed by atoms with Crippen molar-refractivity contribution in [1.29, 1.82) is 0 Å². The molecule has 6 nitrogen and oxygen atoms in total. The highest BCUT2D eigenvalue weighted by molar-refractivity contribution is 5.95. The summed E-state index contributed by atoms with van der Waals surface area (Å²) in [5.74, 6) is -2.21. The molecule has 6 heteroatoms. The summed E-state index contributed by atoms with van der Waals surface area (Å²) in [5, 5.41) is 11.2. The Morgan fingerprint density at radius 2 is 2.00 bits per heavy atom. The average molecular weight is 242 g/mol. The fourth-order valence-corrected chi connectivity index (χ4v) is 1.21. The first kappa shape index (κ1) is 15.2. The van der Waals surface area contributed by atoms with Gasteiger partial charge >= 0.3 is 5.97 Å². The highest BCUT2D eigenvalue weighted by Crippen LogP contribution is 2.01. The first-order valence-electron chi connectivity index (χ1n) is 5.37. The molecule has 17 heavy (non-hydrogen) atoms. The lowest BCUT2D eigenvalue weighted by atomic mass is 10.1. The van der Waals surface area contributed by atoms with Crippen molar-refractivity contribution in [1.82, 2.24) is 5.32 Å². The molecule has 96 valence electrons. The predicted octanol–water partition coefficient (Wildman–Crippen LogP) is 0.178. The van der Waals surface area contributed by atoms with Crippen LogP contribution in [0.5, 0.6) is 0 Å². The van der Waals surface area contributed by atoms with Gasteiger partial charge in [-0.05, 0) is 19.8 Å². The summed E-state index contributed by atoms with van der Waals surface area (Å²) in [6.45, 7) is 3.48. The summed E-state index contributed by atoms with van der Waals surface area (Å²) < 4.78 is 0. The average Bonchev–Trinajstić information content (AvgIpc) is 2.23. The van der Waals surface area contributed by atoms with Crippen molar-refractivity contribution >= 4 is 17.8 Å². The van der Waals surface area contributed by atoms with Crippen LogP contribution in [0.2, 0.25) is 0 Å². The van der Waals surface area contributed by atoms with Crippen LogP contribution in [0.25, 0.3) is 0 Å². The Kier molecular flexibility index (Phi) is 6.62. The molecule has 0 unspecified atom stereocenters. The first-order chi connectivity index (χ1) is 7.88. The second-order valence-electron chi connectivity index (χ2n) is 3.66. The lowest BCUT2D eigenvalue weighted by Crippen LogP contribution is -2.41. The largest absolute Gasteiger partial charge is 0.480 e. The van der Waals surface area contributed by atoms with Crippen LogP contribution < -0.4 is 11.1 Å². The van der Waals surface area contributed by atoms with Crippen LogP contribution in [-0.4, -0.2) is 28.9 Å². The Labute approximate surface area is 99.9 Å². The van der Waals surface area contributed by atoms with E-state index in [0.29, 0.717) is 12.0 Å². The summed E-state index contributed by atoms with van der Waals surface area (Å²) in [6, 6.07) is -1.09. The summed E-state index contributed by atoms with van der Waals surface area (Å²) in [6.07, 6.45) is 2.31. The van der Waals surface area contributed by atoms with Gasteiger partial charge in [0.2, 0.25) is 11.8 Å². The smallest absolute Gasteiger partial charge is 0.326 e. The molecular weight excluding hydrogens is 224 g/mol. The van der Waals surface area contributed by atoms with Crippen molar-refractivity contribution in [3.63, 3.8) is 0 Å². The van der Waals surface area contributed by atoms with Gasteiger partial charge in [0.25, 0.3) is 0 Å². The molecule has 0 aromatic heterocycles. The highest BCUT2D eigenvalue weighted by Gasteiger charge is 2.20. The number of amides is 2. The van der Waals surface area contributed by atoms with Crippen molar-refractivity contribution < 1.29 is 19.5 Å². The molecule has 0 saturated carbocycles. The number of hydrogen-bond acceptors (Lipinski definition) is 3. The number of carbonyl (C=O) groups excluding carboxylic acids is 2. The van der Waals surface area contributed by atoms with Gasteiger partial charge in [-0.25, -0.2) is 4.79 Å². The van der Waals surface area contributed by atoms with E-state index in [1.165, 1.54) is 0 Å². The van der Waals surface area contributed by atoms with Gasteiger partial charge < -0.3 is 16.2 Å². The van der Waals surface area contributed by atoms with E-state index in [1.54, 1.807) is 13.0 Å². The van der Waals surface area contributed by atoms with Crippen molar-refractivity contribution in [3.8, 4) is 0 Å². The minimum atomic E-state index is -1.18. The number of carboxylic acid groups (broad SMARTS) is 1. The van der Waals surface area contributed by atoms with E-state index in [2.05, 4.69) is 5.32 Å². The highest BCUT2D eigenvalue weighted by atomic mass is 16.4. The molecule has 0 saturated heterocycles. The molecule has 0 spiro atoms. The van der Waals surface area contributed by atoms with E-state index in [-0.39, 0.29) is 12.8 Å². The van der Waals surface area contributed by atoms with Crippen LogP contribution in [0, 0.1) is 0 Å². The zero-order chi connectivity index (χ0) is 13.4. The van der Waals surface area contributed by atoms with Crippen LogP contribution in [0.4, 0.5) is 0 Å². The maximum Gasteiger partial charge on any atom is 0.326 e. The van der Waals surface area contributed by atoms with Gasteiger partial charge in [0.1, 0.15) is 6.04 Å². The van der Waals surface area contributed by atoms with E-state index in [9.17, 15) is 14.4 Å². The van der Waals surface area contributed by atoms with Crippen LogP contribution in [0.1, 0.15) is 33.1 Å². The lowest BCUT2D eigenvalue weighted by molar-refractivity contribution is -0.141. The van der Waals surface area contributed by atoms with E-state index in [1.807, 2.05) is 6.92 Å². The van der Waals surface area contributed by atoms with Gasteiger partial charge in [-0.3, -0.25) is 9.59 Å². The van der Waals surface area contributed by atoms with Gasteiger partial charge in [-0.2, -0.15) is 0 Å². The second-order valence-corrected chi connectivity index (χ2v) is 3.66. The molecule has 0 aromatic rings. The zero-order valence-electron chi connectivity index (χ0n) is 10.0. The number of aliphatic carboxylic acids is 1. The maximum absolute atomic E-state index is 11.5. The van der Waals surface area contributed by atoms with Crippen molar-refractivity contribution in [3.05, 3.63) is 11.6 Å². The van der Waals surface area contributed by atoms with Crippen molar-refractivity contribution in [2.45, 2.75) is 39.2 Å². The Hall–Kier alpha value is -1.85. The Balaban J connectivity index is 4.45. The number of primary amides is 1. The van der Waals surface area contributed by atoms with Crippen molar-refractivity contribution in [2.75, 3.05) is 0 Å². The topological polar surface area (TPSA) is 109 Å². The third kappa shape index (κ3) is 6.34. The Morgan fingerprint density at radius 1 is 1.41 bits per heavy atom. The Morgan fingerprint density at radius 3 is 2.41 bits per heavy atom. The van der Waals surface area contributed by atoms with Gasteiger partial charge in [0, 0.05) is 12.0 Å². The molecule has 0 aromatic carbocycles. The summed E-state index contributed by atoms with van der Waals surface area (Å²) in [5.41, 5.74) is 5.38. The number of nitrogens with one attached hydrogen (secondary N) is 1. The Bertz CT molecular complexity index is 336. The third-order valence-corrected chi connectivity index (χ3v) is 2.15. The fourth-order valence-electron chi connectivity index (χ4n) is 1.21. The summed E-state index contributed by atoms with van der Waals surface area (Å²) in [7, 11) is 0. The van der Waals surface area contributed by atoms with Crippen LogP contribution in [0.15, 0.2) is 11.6 Å². The number of rotatable bonds is 7. The zero-order valence-corrected chi connectivity index (χ0v) is 10.0. The lowest BCUT2D eigenvalue weighted by Gasteiger charge is -2.13. The van der Waals surface area contributed by atoms with E-state index >= 15 is 0 Å². The SMILES string of the molecule is CCC=C(C)C(=O)N[C@@H](CCC(N)=O)C(=O)O. The molecule has 1 atom stereocenters. The van der Waals surface area contributed by atoms with Gasteiger partial charge in [0.05, 0.1) is 0 Å². The molecule has 0 aliphatic rings. The monoisotopic (exact) mass is 242 g/mol. The number of carbonyl (C=O) groups is 3. The van der Waals surface area contributed by atoms with Crippen LogP contribution >= 0.6 is 0 Å². The number of nitrogens with two attached hydrogens (primary N) is 1. The molecule has 0 rings (SSSR count). The molecule has 0 aliphatic carbocycles. The van der Waals surface area contributed by atoms with E-state index in [0.717, 1.165) is 0 Å². The van der Waals surface area contributed by atoms with Crippen LogP contribution in [0.3, 0.4) is 0 Å². The molecular formula is C11H18N2O4. The van der Waals surface area contributed by atoms with E-state index < -0.39 is 23.8 Å². The molecule has 0 aliphatic heterocycles. The minimum absolute atomic E-state index is 0.00416. The predicted molar refractivity (Wildman–Crippen MR) is 62.0 cm³/mol. The molecule has 0 radical (unpaired) electrons. The van der Waals surface area contributed by atoms with Crippen molar-refractivity contribution in [2.24, 2.45) is 5.73 Å². The summed E-state index contributed by atoms with van der Waals surface area (Å²) >= 11 is 0. The first-order valence-corrected chi connectivity index (χ1v) is 5.37. The molecule has 4 N–H and O–H groups in total. The number of allylic oxidation sites excluding steroid dienone is 1. The van der Waals surface area contributed by atoms with Gasteiger partial charge in [-0.1, -0.05) is 13.0 Å². The van der Waals surface area contributed by atoms with Gasteiger partial charge in [0.15, 0.2) is 0 Å². The number of hydrogen-bond donors (Lipinski definition) is 3. The van der Waals surface area contributed by atoms with Crippen LogP contribution in [-0.2, 0) is 14.4 Å².